The molecule has 140 valence electrons. The first kappa shape index (κ1) is 17.5. The summed E-state index contributed by atoms with van der Waals surface area (Å²) in [7, 11) is 0. The Morgan fingerprint density at radius 1 is 1.22 bits per heavy atom. The fourth-order valence-corrected chi connectivity index (χ4v) is 3.62. The molecule has 1 N–H and O–H groups in total. The van der Waals surface area contributed by atoms with Crippen LogP contribution in [0.4, 0.5) is 5.69 Å². The summed E-state index contributed by atoms with van der Waals surface area (Å²) in [5.41, 5.74) is 2.94. The monoisotopic (exact) mass is 365 g/mol. The lowest BCUT2D eigenvalue weighted by Gasteiger charge is -2.30. The van der Waals surface area contributed by atoms with Gasteiger partial charge in [-0.1, -0.05) is 25.1 Å². The molecule has 0 aliphatic carbocycles. The van der Waals surface area contributed by atoms with Gasteiger partial charge in [0.2, 0.25) is 0 Å². The highest BCUT2D eigenvalue weighted by atomic mass is 16.5. The first-order valence-corrected chi connectivity index (χ1v) is 9.35. The quantitative estimate of drug-likeness (QED) is 0.697. The average molecular weight is 365 g/mol. The van der Waals surface area contributed by atoms with Gasteiger partial charge in [-0.3, -0.25) is 4.79 Å². The predicted molar refractivity (Wildman–Crippen MR) is 104 cm³/mol. The molecule has 5 heteroatoms. The first-order valence-electron chi connectivity index (χ1n) is 9.35. The zero-order valence-electron chi connectivity index (χ0n) is 15.4. The first-order chi connectivity index (χ1) is 13.1. The molecule has 0 saturated carbocycles. The minimum atomic E-state index is -0.739. The Morgan fingerprint density at radius 2 is 2.07 bits per heavy atom. The van der Waals surface area contributed by atoms with Crippen LogP contribution in [0, 0.1) is 5.92 Å². The number of fused-ring (bicyclic) bond motifs is 2. The Bertz CT molecular complexity index is 962. The van der Waals surface area contributed by atoms with Gasteiger partial charge in [0.15, 0.2) is 0 Å². The number of para-hydroxylation sites is 2. The van der Waals surface area contributed by atoms with E-state index in [4.69, 9.17) is 9.15 Å². The summed E-state index contributed by atoms with van der Waals surface area (Å²) in [4.78, 5) is 13.5. The van der Waals surface area contributed by atoms with E-state index in [0.29, 0.717) is 26.0 Å². The molecule has 27 heavy (non-hydrogen) atoms. The maximum absolute atomic E-state index is 11.3. The zero-order valence-corrected chi connectivity index (χ0v) is 15.4. The lowest BCUT2D eigenvalue weighted by molar-refractivity contribution is -0.141. The van der Waals surface area contributed by atoms with Gasteiger partial charge in [0.25, 0.3) is 0 Å². The van der Waals surface area contributed by atoms with E-state index >= 15 is 0 Å². The van der Waals surface area contributed by atoms with E-state index in [2.05, 4.69) is 17.0 Å². The van der Waals surface area contributed by atoms with Crippen molar-refractivity contribution in [1.82, 2.24) is 0 Å². The van der Waals surface area contributed by atoms with Crippen LogP contribution in [0.5, 0.6) is 5.75 Å². The smallest absolute Gasteiger partial charge is 0.306 e. The molecular weight excluding hydrogens is 342 g/mol. The molecule has 0 saturated heterocycles. The van der Waals surface area contributed by atoms with Gasteiger partial charge in [-0.25, -0.2) is 0 Å². The summed E-state index contributed by atoms with van der Waals surface area (Å²) in [5, 5.41) is 10.3. The highest BCUT2D eigenvalue weighted by Gasteiger charge is 2.20. The molecule has 1 aliphatic rings. The number of furan rings is 1. The third kappa shape index (κ3) is 3.63. The highest BCUT2D eigenvalue weighted by molar-refractivity contribution is 5.79. The number of benzene rings is 2. The van der Waals surface area contributed by atoms with Crippen molar-refractivity contribution in [3.05, 3.63) is 59.9 Å². The number of carboxylic acid groups (broad SMARTS) is 1. The van der Waals surface area contributed by atoms with Crippen LogP contribution in [0.15, 0.2) is 52.9 Å². The van der Waals surface area contributed by atoms with Gasteiger partial charge in [0, 0.05) is 5.39 Å². The number of hydrogen-bond donors (Lipinski definition) is 1. The number of anilines is 1. The van der Waals surface area contributed by atoms with Crippen molar-refractivity contribution < 1.29 is 19.1 Å². The van der Waals surface area contributed by atoms with Gasteiger partial charge >= 0.3 is 5.97 Å². The number of hydrogen-bond acceptors (Lipinski definition) is 4. The van der Waals surface area contributed by atoms with E-state index in [1.807, 2.05) is 43.3 Å². The third-order valence-electron chi connectivity index (χ3n) is 5.13. The molecule has 0 fully saturated rings. The topological polar surface area (TPSA) is 62.9 Å². The van der Waals surface area contributed by atoms with Gasteiger partial charge in [-0.2, -0.15) is 0 Å². The van der Waals surface area contributed by atoms with Crippen LogP contribution in [-0.2, 0) is 17.8 Å². The number of carbonyl (C=O) groups is 1. The molecule has 1 aliphatic heterocycles. The molecule has 5 nitrogen and oxygen atoms in total. The average Bonchev–Trinajstić information content (AvgIpc) is 3.07. The standard InChI is InChI=1S/C22H23NO4/c1-2-16(22(24)25)11-15-7-8-20-17(12-15)13-18(27-20)14-23-9-10-26-21-6-4-3-5-19(21)23/h3-8,12-13,16H,2,9-11,14H2,1H3,(H,24,25). The Balaban J connectivity index is 1.55. The van der Waals surface area contributed by atoms with Crippen LogP contribution >= 0.6 is 0 Å². The second-order valence-electron chi connectivity index (χ2n) is 6.97. The number of aliphatic carboxylic acids is 1. The molecule has 0 radical (unpaired) electrons. The summed E-state index contributed by atoms with van der Waals surface area (Å²) in [6, 6.07) is 16.0. The molecule has 3 aromatic rings. The van der Waals surface area contributed by atoms with Crippen molar-refractivity contribution in [2.75, 3.05) is 18.1 Å². The molecular formula is C22H23NO4. The Morgan fingerprint density at radius 3 is 2.89 bits per heavy atom. The summed E-state index contributed by atoms with van der Waals surface area (Å²) >= 11 is 0. The SMILES string of the molecule is CCC(Cc1ccc2oc(CN3CCOc4ccccc43)cc2c1)C(=O)O. The second kappa shape index (κ2) is 7.35. The van der Waals surface area contributed by atoms with Crippen molar-refractivity contribution in [3.8, 4) is 5.75 Å². The molecule has 0 bridgehead atoms. The summed E-state index contributed by atoms with van der Waals surface area (Å²) in [6.07, 6.45) is 1.17. The van der Waals surface area contributed by atoms with Crippen LogP contribution in [-0.4, -0.2) is 24.2 Å². The van der Waals surface area contributed by atoms with Crippen molar-refractivity contribution in [3.63, 3.8) is 0 Å². The van der Waals surface area contributed by atoms with Crippen LogP contribution in [0.3, 0.4) is 0 Å². The van der Waals surface area contributed by atoms with E-state index < -0.39 is 5.97 Å². The molecule has 0 amide bonds. The van der Waals surface area contributed by atoms with Crippen molar-refractivity contribution >= 4 is 22.6 Å². The lowest BCUT2D eigenvalue weighted by atomic mass is 9.96. The molecule has 4 rings (SSSR count). The normalized spacial score (nSPS) is 14.6. The van der Waals surface area contributed by atoms with Crippen LogP contribution in [0.25, 0.3) is 11.0 Å². The molecule has 2 aromatic carbocycles. The van der Waals surface area contributed by atoms with Gasteiger partial charge in [-0.15, -0.1) is 0 Å². The largest absolute Gasteiger partial charge is 0.490 e. The second-order valence-corrected chi connectivity index (χ2v) is 6.97. The third-order valence-corrected chi connectivity index (χ3v) is 5.13. The van der Waals surface area contributed by atoms with Crippen LogP contribution < -0.4 is 9.64 Å². The van der Waals surface area contributed by atoms with E-state index in [1.165, 1.54) is 0 Å². The van der Waals surface area contributed by atoms with Gasteiger partial charge in [0.1, 0.15) is 23.7 Å². The highest BCUT2D eigenvalue weighted by Crippen LogP contribution is 2.33. The summed E-state index contributed by atoms with van der Waals surface area (Å²) in [5.74, 6) is 0.709. The Hall–Kier alpha value is -2.95. The number of ether oxygens (including phenoxy) is 1. The predicted octanol–water partition coefficient (Wildman–Crippen LogP) is 4.49. The summed E-state index contributed by atoms with van der Waals surface area (Å²) < 4.78 is 11.7. The zero-order chi connectivity index (χ0) is 18.8. The maximum atomic E-state index is 11.3. The summed E-state index contributed by atoms with van der Waals surface area (Å²) in [6.45, 7) is 4.07. The van der Waals surface area contributed by atoms with Crippen molar-refractivity contribution in [2.45, 2.75) is 26.3 Å². The van der Waals surface area contributed by atoms with Crippen molar-refractivity contribution in [1.29, 1.82) is 0 Å². The van der Waals surface area contributed by atoms with E-state index in [-0.39, 0.29) is 5.92 Å². The molecule has 0 spiro atoms. The van der Waals surface area contributed by atoms with Gasteiger partial charge in [0.05, 0.1) is 24.7 Å². The molecule has 1 aromatic heterocycles. The van der Waals surface area contributed by atoms with Crippen LogP contribution in [0.1, 0.15) is 24.7 Å². The van der Waals surface area contributed by atoms with E-state index in [9.17, 15) is 9.90 Å². The van der Waals surface area contributed by atoms with Crippen LogP contribution in [0.2, 0.25) is 0 Å². The lowest BCUT2D eigenvalue weighted by Crippen LogP contribution is -2.31. The molecule has 1 unspecified atom stereocenters. The number of nitrogens with zero attached hydrogens (tertiary/aromatic N) is 1. The van der Waals surface area contributed by atoms with E-state index in [1.54, 1.807) is 0 Å². The van der Waals surface area contributed by atoms with Crippen molar-refractivity contribution in [2.24, 2.45) is 5.92 Å². The molecule has 1 atom stereocenters. The number of rotatable bonds is 6. The van der Waals surface area contributed by atoms with E-state index in [0.717, 1.165) is 40.3 Å². The minimum Gasteiger partial charge on any atom is -0.490 e. The Kier molecular flexibility index (Phi) is 4.75. The fourth-order valence-electron chi connectivity index (χ4n) is 3.62. The number of carboxylic acids is 1. The minimum absolute atomic E-state index is 0.348. The van der Waals surface area contributed by atoms with Gasteiger partial charge in [-0.05, 0) is 48.7 Å². The Labute approximate surface area is 158 Å². The maximum Gasteiger partial charge on any atom is 0.306 e. The van der Waals surface area contributed by atoms with Gasteiger partial charge < -0.3 is 19.2 Å². The fraction of sp³-hybridized carbons (Fsp3) is 0.318. The molecule has 2 heterocycles.